The van der Waals surface area contributed by atoms with Crippen molar-refractivity contribution in [1.82, 2.24) is 10.2 Å². The molecule has 1 heterocycles. The second kappa shape index (κ2) is 6.27. The molecule has 0 atom stereocenters. The number of carbonyl (C=O) groups is 1. The third-order valence-electron chi connectivity index (χ3n) is 2.20. The van der Waals surface area contributed by atoms with E-state index in [1.165, 1.54) is 30.2 Å². The van der Waals surface area contributed by atoms with Gasteiger partial charge in [0, 0.05) is 10.6 Å². The first-order valence-corrected chi connectivity index (χ1v) is 8.03. The van der Waals surface area contributed by atoms with Crippen LogP contribution < -0.4 is 5.73 Å². The standard InChI is InChI=1S/C11H11N3O2S3/c1-16-9(15)7-5-6(3-4-8(7)12)18-11-14-13-10(17-2)19-11/h3-5H,12H2,1-2H3. The van der Waals surface area contributed by atoms with E-state index in [0.29, 0.717) is 11.3 Å². The van der Waals surface area contributed by atoms with Crippen LogP contribution in [0.15, 0.2) is 31.8 Å². The molecule has 2 N–H and O–H groups in total. The van der Waals surface area contributed by atoms with Gasteiger partial charge in [-0.05, 0) is 24.5 Å². The van der Waals surface area contributed by atoms with Crippen LogP contribution in [0.3, 0.4) is 0 Å². The summed E-state index contributed by atoms with van der Waals surface area (Å²) in [6.07, 6.45) is 1.95. The number of methoxy groups -OCH3 is 1. The molecule has 0 aliphatic heterocycles. The molecule has 0 aliphatic carbocycles. The maximum absolute atomic E-state index is 11.5. The Balaban J connectivity index is 2.23. The van der Waals surface area contributed by atoms with Crippen molar-refractivity contribution in [3.8, 4) is 0 Å². The van der Waals surface area contributed by atoms with Crippen molar-refractivity contribution in [2.45, 2.75) is 13.6 Å². The van der Waals surface area contributed by atoms with Crippen LogP contribution in [0.1, 0.15) is 10.4 Å². The quantitative estimate of drug-likeness (QED) is 0.528. The number of ether oxygens (including phenoxy) is 1. The van der Waals surface area contributed by atoms with Gasteiger partial charge in [0.25, 0.3) is 0 Å². The molecular weight excluding hydrogens is 302 g/mol. The van der Waals surface area contributed by atoms with Gasteiger partial charge in [-0.2, -0.15) is 0 Å². The van der Waals surface area contributed by atoms with E-state index in [0.717, 1.165) is 13.6 Å². The third-order valence-corrected chi connectivity index (χ3v) is 5.14. The van der Waals surface area contributed by atoms with E-state index in [4.69, 9.17) is 5.73 Å². The number of carbonyl (C=O) groups excluding carboxylic acids is 1. The van der Waals surface area contributed by atoms with E-state index in [-0.39, 0.29) is 0 Å². The van der Waals surface area contributed by atoms with Crippen molar-refractivity contribution in [3.63, 3.8) is 0 Å². The zero-order chi connectivity index (χ0) is 13.8. The molecule has 0 saturated heterocycles. The average molecular weight is 313 g/mol. The van der Waals surface area contributed by atoms with E-state index < -0.39 is 5.97 Å². The number of thioether (sulfide) groups is 1. The fourth-order valence-electron chi connectivity index (χ4n) is 1.31. The Morgan fingerprint density at radius 1 is 1.37 bits per heavy atom. The monoisotopic (exact) mass is 313 g/mol. The topological polar surface area (TPSA) is 78.1 Å². The third kappa shape index (κ3) is 3.40. The zero-order valence-electron chi connectivity index (χ0n) is 10.2. The van der Waals surface area contributed by atoms with Gasteiger partial charge in [-0.25, -0.2) is 4.79 Å². The molecule has 19 heavy (non-hydrogen) atoms. The van der Waals surface area contributed by atoms with Crippen molar-refractivity contribution in [2.24, 2.45) is 0 Å². The Labute approximate surface area is 122 Å². The number of anilines is 1. The van der Waals surface area contributed by atoms with Gasteiger partial charge in [0.1, 0.15) is 0 Å². The second-order valence-electron chi connectivity index (χ2n) is 3.38. The molecule has 0 saturated carbocycles. The zero-order valence-corrected chi connectivity index (χ0v) is 12.7. The molecule has 2 aromatic rings. The molecule has 0 unspecified atom stereocenters. The number of hydrogen-bond donors (Lipinski definition) is 1. The molecule has 0 fully saturated rings. The number of nitrogens with two attached hydrogens (primary N) is 1. The molecule has 2 rings (SSSR count). The first kappa shape index (κ1) is 14.2. The maximum Gasteiger partial charge on any atom is 0.339 e. The molecule has 0 radical (unpaired) electrons. The molecule has 5 nitrogen and oxygen atoms in total. The summed E-state index contributed by atoms with van der Waals surface area (Å²) in [6.45, 7) is 0. The van der Waals surface area contributed by atoms with Crippen LogP contribution >= 0.6 is 34.9 Å². The first-order chi connectivity index (χ1) is 9.13. The minimum atomic E-state index is -0.443. The fourth-order valence-corrected chi connectivity index (χ4v) is 3.76. The number of nitrogens with zero attached hydrogens (tertiary/aromatic N) is 2. The molecule has 0 bridgehead atoms. The molecule has 0 aliphatic rings. The Kier molecular flexibility index (Phi) is 4.67. The van der Waals surface area contributed by atoms with Crippen LogP contribution in [0.25, 0.3) is 0 Å². The van der Waals surface area contributed by atoms with E-state index in [1.54, 1.807) is 23.9 Å². The van der Waals surface area contributed by atoms with E-state index in [2.05, 4.69) is 14.9 Å². The predicted octanol–water partition coefficient (Wildman–Crippen LogP) is 2.78. The number of esters is 1. The van der Waals surface area contributed by atoms with Gasteiger partial charge < -0.3 is 10.5 Å². The predicted molar refractivity (Wildman–Crippen MR) is 78.0 cm³/mol. The summed E-state index contributed by atoms with van der Waals surface area (Å²) in [5.74, 6) is -0.443. The summed E-state index contributed by atoms with van der Waals surface area (Å²) >= 11 is 4.50. The molecule has 1 aromatic carbocycles. The summed E-state index contributed by atoms with van der Waals surface area (Å²) in [5.41, 5.74) is 6.51. The number of hydrogen-bond acceptors (Lipinski definition) is 8. The van der Waals surface area contributed by atoms with Crippen molar-refractivity contribution < 1.29 is 9.53 Å². The van der Waals surface area contributed by atoms with E-state index in [9.17, 15) is 4.79 Å². The lowest BCUT2D eigenvalue weighted by Crippen LogP contribution is -2.05. The Morgan fingerprint density at radius 3 is 2.74 bits per heavy atom. The van der Waals surface area contributed by atoms with Gasteiger partial charge in [-0.1, -0.05) is 34.9 Å². The highest BCUT2D eigenvalue weighted by Crippen LogP contribution is 2.34. The van der Waals surface area contributed by atoms with Crippen LogP contribution in [0.2, 0.25) is 0 Å². The van der Waals surface area contributed by atoms with Gasteiger partial charge in [-0.3, -0.25) is 0 Å². The number of aromatic nitrogens is 2. The van der Waals surface area contributed by atoms with Crippen molar-refractivity contribution in [3.05, 3.63) is 23.8 Å². The van der Waals surface area contributed by atoms with Crippen molar-refractivity contribution in [2.75, 3.05) is 19.1 Å². The van der Waals surface area contributed by atoms with Gasteiger partial charge in [0.2, 0.25) is 0 Å². The largest absolute Gasteiger partial charge is 0.465 e. The molecule has 8 heteroatoms. The molecule has 1 aromatic heterocycles. The van der Waals surface area contributed by atoms with E-state index >= 15 is 0 Å². The average Bonchev–Trinajstić information content (AvgIpc) is 2.87. The lowest BCUT2D eigenvalue weighted by Gasteiger charge is -2.05. The smallest absolute Gasteiger partial charge is 0.339 e. The van der Waals surface area contributed by atoms with Crippen LogP contribution in [-0.4, -0.2) is 29.5 Å². The molecular formula is C11H11N3O2S3. The maximum atomic E-state index is 11.5. The highest BCUT2D eigenvalue weighted by atomic mass is 32.2. The minimum Gasteiger partial charge on any atom is -0.465 e. The summed E-state index contributed by atoms with van der Waals surface area (Å²) < 4.78 is 6.42. The first-order valence-electron chi connectivity index (χ1n) is 5.17. The molecule has 0 spiro atoms. The Bertz CT molecular complexity index is 601. The number of rotatable bonds is 4. The van der Waals surface area contributed by atoms with Crippen LogP contribution in [0.5, 0.6) is 0 Å². The Morgan fingerprint density at radius 2 is 2.11 bits per heavy atom. The van der Waals surface area contributed by atoms with Crippen molar-refractivity contribution >= 4 is 46.5 Å². The summed E-state index contributed by atoms with van der Waals surface area (Å²) in [6, 6.07) is 5.23. The second-order valence-corrected chi connectivity index (χ2v) is 6.73. The molecule has 0 amide bonds. The van der Waals surface area contributed by atoms with Gasteiger partial charge in [0.15, 0.2) is 8.68 Å². The fraction of sp³-hybridized carbons (Fsp3) is 0.182. The van der Waals surface area contributed by atoms with E-state index in [1.807, 2.05) is 12.3 Å². The lowest BCUT2D eigenvalue weighted by atomic mass is 10.2. The highest BCUT2D eigenvalue weighted by Gasteiger charge is 2.12. The normalized spacial score (nSPS) is 10.4. The van der Waals surface area contributed by atoms with Crippen LogP contribution in [-0.2, 0) is 4.74 Å². The molecule has 100 valence electrons. The van der Waals surface area contributed by atoms with Crippen LogP contribution in [0, 0.1) is 0 Å². The minimum absolute atomic E-state index is 0.363. The van der Waals surface area contributed by atoms with Gasteiger partial charge in [0.05, 0.1) is 12.7 Å². The van der Waals surface area contributed by atoms with Crippen molar-refractivity contribution in [1.29, 1.82) is 0 Å². The van der Waals surface area contributed by atoms with Crippen LogP contribution in [0.4, 0.5) is 5.69 Å². The highest BCUT2D eigenvalue weighted by molar-refractivity contribution is 8.03. The lowest BCUT2D eigenvalue weighted by molar-refractivity contribution is 0.0601. The summed E-state index contributed by atoms with van der Waals surface area (Å²) in [4.78, 5) is 12.4. The summed E-state index contributed by atoms with van der Waals surface area (Å²) in [5, 5.41) is 8.08. The number of benzene rings is 1. The van der Waals surface area contributed by atoms with Gasteiger partial charge >= 0.3 is 5.97 Å². The Hall–Kier alpha value is -1.25. The van der Waals surface area contributed by atoms with Gasteiger partial charge in [-0.15, -0.1) is 10.2 Å². The number of nitrogen functional groups attached to an aromatic ring is 1. The summed E-state index contributed by atoms with van der Waals surface area (Å²) in [7, 11) is 1.33. The SMILES string of the molecule is COC(=O)c1cc(Sc2nnc(SC)s2)ccc1N.